The van der Waals surface area contributed by atoms with Crippen LogP contribution in [0.1, 0.15) is 38.9 Å². The van der Waals surface area contributed by atoms with Crippen molar-refractivity contribution in [2.24, 2.45) is 0 Å². The van der Waals surface area contributed by atoms with Gasteiger partial charge in [0.05, 0.1) is 5.88 Å². The fraction of sp³-hybridized carbons (Fsp3) is 0.667. The molecule has 19 heavy (non-hydrogen) atoms. The molecule has 1 aliphatic rings. The van der Waals surface area contributed by atoms with Crippen LogP contribution in [0.2, 0.25) is 0 Å². The van der Waals surface area contributed by atoms with Gasteiger partial charge < -0.3 is 4.42 Å². The fourth-order valence-electron chi connectivity index (χ4n) is 2.62. The van der Waals surface area contributed by atoms with Gasteiger partial charge in [-0.15, -0.1) is 11.6 Å². The molecule has 7 heteroatoms. The molecule has 1 fully saturated rings. The van der Waals surface area contributed by atoms with Gasteiger partial charge in [-0.3, -0.25) is 0 Å². The van der Waals surface area contributed by atoms with Crippen molar-refractivity contribution in [3.8, 4) is 0 Å². The number of furan rings is 1. The Hall–Kier alpha value is -0.0400. The zero-order valence-corrected chi connectivity index (χ0v) is 14.1. The first-order valence-electron chi connectivity index (χ1n) is 6.29. The molecule has 1 saturated heterocycles. The maximum absolute atomic E-state index is 12.8. The molecule has 0 bridgehead atoms. The van der Waals surface area contributed by atoms with E-state index in [2.05, 4.69) is 15.9 Å². The summed E-state index contributed by atoms with van der Waals surface area (Å²) in [6.45, 7) is 3.96. The number of rotatable bonds is 4. The van der Waals surface area contributed by atoms with Crippen LogP contribution in [-0.4, -0.2) is 24.8 Å². The molecular formula is C12H17BrClNO3S. The fourth-order valence-corrected chi connectivity index (χ4v) is 5.66. The normalized spacial score (nSPS) is 25.1. The Morgan fingerprint density at radius 1 is 1.53 bits per heavy atom. The standard InChI is InChI=1S/C12H17BrClNO3S/c1-3-9-5-4-8(2)15(9)19(16,17)11-6-10(7-14)18-12(11)13/h6,8-9H,3-5,7H2,1-2H3. The van der Waals surface area contributed by atoms with E-state index in [1.54, 1.807) is 4.31 Å². The van der Waals surface area contributed by atoms with Crippen LogP contribution in [0.5, 0.6) is 0 Å². The Bertz CT molecular complexity index is 557. The van der Waals surface area contributed by atoms with Crippen molar-refractivity contribution in [2.75, 3.05) is 0 Å². The van der Waals surface area contributed by atoms with Gasteiger partial charge >= 0.3 is 0 Å². The van der Waals surface area contributed by atoms with E-state index in [9.17, 15) is 8.42 Å². The summed E-state index contributed by atoms with van der Waals surface area (Å²) in [5, 5.41) is 0. The second-order valence-electron chi connectivity index (χ2n) is 4.81. The van der Waals surface area contributed by atoms with Crippen LogP contribution in [0.3, 0.4) is 0 Å². The van der Waals surface area contributed by atoms with Crippen molar-refractivity contribution in [1.29, 1.82) is 0 Å². The molecule has 0 radical (unpaired) electrons. The second kappa shape index (κ2) is 5.76. The van der Waals surface area contributed by atoms with Gasteiger partial charge in [0.15, 0.2) is 4.67 Å². The number of alkyl halides is 1. The summed E-state index contributed by atoms with van der Waals surface area (Å²) in [6.07, 6.45) is 2.63. The number of sulfonamides is 1. The summed E-state index contributed by atoms with van der Waals surface area (Å²) in [4.78, 5) is 0.176. The van der Waals surface area contributed by atoms with Crippen LogP contribution in [0, 0.1) is 0 Å². The molecule has 0 aliphatic carbocycles. The minimum absolute atomic E-state index is 0.0243. The summed E-state index contributed by atoms with van der Waals surface area (Å²) in [5.74, 6) is 0.605. The summed E-state index contributed by atoms with van der Waals surface area (Å²) in [5.41, 5.74) is 0. The van der Waals surface area contributed by atoms with E-state index in [0.717, 1.165) is 19.3 Å². The maximum Gasteiger partial charge on any atom is 0.247 e. The van der Waals surface area contributed by atoms with Crippen molar-refractivity contribution in [2.45, 2.75) is 56.0 Å². The van der Waals surface area contributed by atoms with Gasteiger partial charge in [-0.05, 0) is 42.1 Å². The third-order valence-electron chi connectivity index (χ3n) is 3.58. The van der Waals surface area contributed by atoms with Gasteiger partial charge in [0, 0.05) is 18.2 Å². The molecule has 0 saturated carbocycles. The Morgan fingerprint density at radius 2 is 2.21 bits per heavy atom. The van der Waals surface area contributed by atoms with Crippen molar-refractivity contribution in [1.82, 2.24) is 4.31 Å². The first-order chi connectivity index (χ1) is 8.91. The van der Waals surface area contributed by atoms with Crippen molar-refractivity contribution in [3.05, 3.63) is 16.5 Å². The van der Waals surface area contributed by atoms with Gasteiger partial charge in [0.1, 0.15) is 10.7 Å². The van der Waals surface area contributed by atoms with Crippen LogP contribution in [0.4, 0.5) is 0 Å². The first-order valence-corrected chi connectivity index (χ1v) is 9.06. The molecule has 1 aromatic heterocycles. The summed E-state index contributed by atoms with van der Waals surface area (Å²) < 4.78 is 32.7. The van der Waals surface area contributed by atoms with Gasteiger partial charge in [-0.25, -0.2) is 8.42 Å². The molecule has 2 heterocycles. The molecule has 108 valence electrons. The Morgan fingerprint density at radius 3 is 2.74 bits per heavy atom. The molecule has 0 amide bonds. The minimum atomic E-state index is -3.54. The quantitative estimate of drug-likeness (QED) is 0.759. The molecule has 2 atom stereocenters. The minimum Gasteiger partial charge on any atom is -0.452 e. The number of halogens is 2. The summed E-state index contributed by atoms with van der Waals surface area (Å²) in [7, 11) is -3.54. The largest absolute Gasteiger partial charge is 0.452 e. The van der Waals surface area contributed by atoms with Crippen LogP contribution < -0.4 is 0 Å². The maximum atomic E-state index is 12.8. The third-order valence-corrected chi connectivity index (χ3v) is 6.76. The van der Waals surface area contributed by atoms with E-state index >= 15 is 0 Å². The molecule has 1 aromatic rings. The Balaban J connectivity index is 2.43. The molecule has 0 spiro atoms. The van der Waals surface area contributed by atoms with Gasteiger partial charge in [-0.2, -0.15) is 4.31 Å². The number of nitrogens with zero attached hydrogens (tertiary/aromatic N) is 1. The smallest absolute Gasteiger partial charge is 0.247 e. The molecule has 2 rings (SSSR count). The monoisotopic (exact) mass is 369 g/mol. The van der Waals surface area contributed by atoms with Gasteiger partial charge in [0.25, 0.3) is 0 Å². The average molecular weight is 371 g/mol. The van der Waals surface area contributed by atoms with Crippen LogP contribution in [-0.2, 0) is 15.9 Å². The highest BCUT2D eigenvalue weighted by Crippen LogP contribution is 2.36. The molecule has 1 aliphatic heterocycles. The first kappa shape index (κ1) is 15.4. The van der Waals surface area contributed by atoms with E-state index in [0.29, 0.717) is 5.76 Å². The van der Waals surface area contributed by atoms with E-state index in [4.69, 9.17) is 16.0 Å². The zero-order chi connectivity index (χ0) is 14.2. The number of hydrogen-bond donors (Lipinski definition) is 0. The third kappa shape index (κ3) is 2.73. The lowest BCUT2D eigenvalue weighted by molar-refractivity contribution is 0.328. The average Bonchev–Trinajstić information content (AvgIpc) is 2.92. The number of hydrogen-bond acceptors (Lipinski definition) is 3. The van der Waals surface area contributed by atoms with Crippen LogP contribution >= 0.6 is 27.5 Å². The Labute approximate surface area is 127 Å². The molecule has 4 nitrogen and oxygen atoms in total. The highest BCUT2D eigenvalue weighted by Gasteiger charge is 2.40. The highest BCUT2D eigenvalue weighted by atomic mass is 79.9. The molecule has 0 N–H and O–H groups in total. The lowest BCUT2D eigenvalue weighted by atomic mass is 10.2. The van der Waals surface area contributed by atoms with Gasteiger partial charge in [-0.1, -0.05) is 6.92 Å². The highest BCUT2D eigenvalue weighted by molar-refractivity contribution is 9.10. The summed E-state index contributed by atoms with van der Waals surface area (Å²) in [6, 6.07) is 1.60. The second-order valence-corrected chi connectivity index (χ2v) is 7.61. The van der Waals surface area contributed by atoms with Crippen LogP contribution in [0.25, 0.3) is 0 Å². The molecular weight excluding hydrogens is 354 g/mol. The predicted octanol–water partition coefficient (Wildman–Crippen LogP) is 3.73. The zero-order valence-electron chi connectivity index (χ0n) is 10.9. The van der Waals surface area contributed by atoms with E-state index < -0.39 is 10.0 Å². The lowest BCUT2D eigenvalue weighted by Crippen LogP contribution is -2.39. The SMILES string of the molecule is CCC1CCC(C)N1S(=O)(=O)c1cc(CCl)oc1Br. The summed E-state index contributed by atoms with van der Waals surface area (Å²) >= 11 is 8.86. The van der Waals surface area contributed by atoms with E-state index in [-0.39, 0.29) is 27.5 Å². The van der Waals surface area contributed by atoms with E-state index in [1.165, 1.54) is 6.07 Å². The van der Waals surface area contributed by atoms with Crippen LogP contribution in [0.15, 0.2) is 20.0 Å². The van der Waals surface area contributed by atoms with Crippen molar-refractivity contribution in [3.63, 3.8) is 0 Å². The molecule has 0 aromatic carbocycles. The van der Waals surface area contributed by atoms with Crippen molar-refractivity contribution < 1.29 is 12.8 Å². The molecule has 2 unspecified atom stereocenters. The predicted molar refractivity (Wildman–Crippen MR) is 77.8 cm³/mol. The van der Waals surface area contributed by atoms with E-state index in [1.807, 2.05) is 13.8 Å². The lowest BCUT2D eigenvalue weighted by Gasteiger charge is -2.26. The van der Waals surface area contributed by atoms with Gasteiger partial charge in [0.2, 0.25) is 10.0 Å². The Kier molecular flexibility index (Phi) is 4.65. The topological polar surface area (TPSA) is 50.5 Å². The van der Waals surface area contributed by atoms with Crippen molar-refractivity contribution >= 4 is 37.6 Å².